The Balaban J connectivity index is 1.61. The zero-order valence-electron chi connectivity index (χ0n) is 13.6. The Hall–Kier alpha value is -2.24. The highest BCUT2D eigenvalue weighted by Crippen LogP contribution is 2.48. The van der Waals surface area contributed by atoms with Crippen LogP contribution in [0.3, 0.4) is 0 Å². The van der Waals surface area contributed by atoms with E-state index in [0.717, 1.165) is 39.2 Å². The lowest BCUT2D eigenvalue weighted by molar-refractivity contribution is -0.0190. The molecule has 0 N–H and O–H groups in total. The Kier molecular flexibility index (Phi) is 3.80. The molecule has 0 saturated heterocycles. The second-order valence-electron chi connectivity index (χ2n) is 6.33. The first-order valence-corrected chi connectivity index (χ1v) is 9.47. The molecule has 3 heterocycles. The van der Waals surface area contributed by atoms with E-state index in [4.69, 9.17) is 25.9 Å². The molecule has 1 aromatic heterocycles. The zero-order valence-corrected chi connectivity index (χ0v) is 15.9. The molecule has 2 aliphatic rings. The number of hydrazone groups is 1. The molecular formula is C20H14BrClN2O2. The zero-order chi connectivity index (χ0) is 17.7. The second kappa shape index (κ2) is 6.18. The van der Waals surface area contributed by atoms with E-state index in [1.54, 1.807) is 6.26 Å². The lowest BCUT2D eigenvalue weighted by atomic mass is 9.97. The third-order valence-electron chi connectivity index (χ3n) is 4.71. The standard InChI is InChI=1S/C20H14BrClN2O2/c21-13-5-3-12(4-6-13)20-24-17(11-16(23-24)19-2-1-9-25-19)15-10-14(22)7-8-18(15)26-20/h1-10,17,20H,11H2/t17-,20-/m1/s1. The number of benzene rings is 2. The van der Waals surface area contributed by atoms with Gasteiger partial charge in [-0.05, 0) is 42.5 Å². The maximum Gasteiger partial charge on any atom is 0.213 e. The van der Waals surface area contributed by atoms with E-state index in [1.165, 1.54) is 0 Å². The maximum atomic E-state index is 6.31. The number of nitrogens with zero attached hydrogens (tertiary/aromatic N) is 2. The lowest BCUT2D eigenvalue weighted by Gasteiger charge is -2.38. The summed E-state index contributed by atoms with van der Waals surface area (Å²) in [5, 5.41) is 7.55. The first kappa shape index (κ1) is 16.0. The molecule has 2 atom stereocenters. The molecule has 0 amide bonds. The van der Waals surface area contributed by atoms with Crippen molar-refractivity contribution in [2.24, 2.45) is 5.10 Å². The first-order chi connectivity index (χ1) is 12.7. The summed E-state index contributed by atoms with van der Waals surface area (Å²) in [5.74, 6) is 1.64. The SMILES string of the molecule is Clc1ccc2c(c1)[C@H]1CC(c3ccco3)=NN1[C@@H](c1ccc(Br)cc1)O2. The molecule has 0 spiro atoms. The van der Waals surface area contributed by atoms with Crippen molar-refractivity contribution in [3.05, 3.63) is 87.2 Å². The summed E-state index contributed by atoms with van der Waals surface area (Å²) >= 11 is 9.72. The quantitative estimate of drug-likeness (QED) is 0.506. The van der Waals surface area contributed by atoms with Crippen LogP contribution in [0.2, 0.25) is 5.02 Å². The van der Waals surface area contributed by atoms with Crippen LogP contribution < -0.4 is 4.74 Å². The molecule has 26 heavy (non-hydrogen) atoms. The third kappa shape index (κ3) is 2.63. The highest BCUT2D eigenvalue weighted by molar-refractivity contribution is 9.10. The van der Waals surface area contributed by atoms with Gasteiger partial charge in [-0.1, -0.05) is 39.7 Å². The van der Waals surface area contributed by atoms with Gasteiger partial charge in [0.15, 0.2) is 0 Å². The summed E-state index contributed by atoms with van der Waals surface area (Å²) < 4.78 is 12.9. The molecule has 0 bridgehead atoms. The van der Waals surface area contributed by atoms with Crippen molar-refractivity contribution < 1.29 is 9.15 Å². The van der Waals surface area contributed by atoms with Crippen molar-refractivity contribution in [2.75, 3.05) is 0 Å². The van der Waals surface area contributed by atoms with Crippen molar-refractivity contribution >= 4 is 33.2 Å². The molecule has 5 rings (SSSR count). The molecule has 0 aliphatic carbocycles. The minimum Gasteiger partial charge on any atom is -0.464 e. The summed E-state index contributed by atoms with van der Waals surface area (Å²) in [6.07, 6.45) is 2.12. The summed E-state index contributed by atoms with van der Waals surface area (Å²) in [5.41, 5.74) is 3.01. The number of ether oxygens (including phenoxy) is 1. The topological polar surface area (TPSA) is 38.0 Å². The molecule has 0 saturated carbocycles. The fraction of sp³-hybridized carbons (Fsp3) is 0.150. The molecular weight excluding hydrogens is 416 g/mol. The highest BCUT2D eigenvalue weighted by Gasteiger charge is 2.41. The van der Waals surface area contributed by atoms with Crippen molar-refractivity contribution in [1.82, 2.24) is 5.01 Å². The van der Waals surface area contributed by atoms with E-state index >= 15 is 0 Å². The van der Waals surface area contributed by atoms with Crippen LogP contribution in [0.4, 0.5) is 0 Å². The van der Waals surface area contributed by atoms with Gasteiger partial charge in [-0.3, -0.25) is 0 Å². The van der Waals surface area contributed by atoms with E-state index in [9.17, 15) is 0 Å². The lowest BCUT2D eigenvalue weighted by Crippen LogP contribution is -2.33. The molecule has 0 unspecified atom stereocenters. The summed E-state index contributed by atoms with van der Waals surface area (Å²) in [4.78, 5) is 0. The van der Waals surface area contributed by atoms with Crippen molar-refractivity contribution in [1.29, 1.82) is 0 Å². The van der Waals surface area contributed by atoms with Gasteiger partial charge in [-0.2, -0.15) is 5.10 Å². The van der Waals surface area contributed by atoms with Crippen molar-refractivity contribution in [3.8, 4) is 5.75 Å². The van der Waals surface area contributed by atoms with Crippen LogP contribution in [0.1, 0.15) is 35.6 Å². The molecule has 4 nitrogen and oxygen atoms in total. The van der Waals surface area contributed by atoms with Gasteiger partial charge in [0.2, 0.25) is 6.23 Å². The van der Waals surface area contributed by atoms with Crippen LogP contribution in [-0.2, 0) is 0 Å². The summed E-state index contributed by atoms with van der Waals surface area (Å²) in [6.45, 7) is 0. The van der Waals surface area contributed by atoms with Gasteiger partial charge in [0.25, 0.3) is 0 Å². The minimum atomic E-state index is -0.297. The molecule has 0 fully saturated rings. The van der Waals surface area contributed by atoms with Gasteiger partial charge in [0, 0.05) is 27.0 Å². The Morgan fingerprint density at radius 3 is 2.73 bits per heavy atom. The maximum absolute atomic E-state index is 6.31. The van der Waals surface area contributed by atoms with Crippen LogP contribution in [0, 0.1) is 0 Å². The predicted molar refractivity (Wildman–Crippen MR) is 103 cm³/mol. The van der Waals surface area contributed by atoms with Crippen molar-refractivity contribution in [2.45, 2.75) is 18.7 Å². The smallest absolute Gasteiger partial charge is 0.213 e. The molecule has 130 valence electrons. The molecule has 3 aromatic rings. The van der Waals surface area contributed by atoms with E-state index in [0.29, 0.717) is 5.02 Å². The van der Waals surface area contributed by atoms with E-state index in [2.05, 4.69) is 15.9 Å². The average molecular weight is 430 g/mol. The van der Waals surface area contributed by atoms with Crippen molar-refractivity contribution in [3.63, 3.8) is 0 Å². The van der Waals surface area contributed by atoms with E-state index < -0.39 is 0 Å². The number of fused-ring (bicyclic) bond motifs is 3. The van der Waals surface area contributed by atoms with Crippen LogP contribution in [0.15, 0.2) is 74.9 Å². The molecule has 6 heteroatoms. The van der Waals surface area contributed by atoms with Gasteiger partial charge in [0.1, 0.15) is 17.2 Å². The molecule has 2 aliphatic heterocycles. The third-order valence-corrected chi connectivity index (χ3v) is 5.48. The van der Waals surface area contributed by atoms with Gasteiger partial charge in [-0.25, -0.2) is 5.01 Å². The van der Waals surface area contributed by atoms with Crippen LogP contribution in [-0.4, -0.2) is 10.7 Å². The van der Waals surface area contributed by atoms with Gasteiger partial charge in [0.05, 0.1) is 12.3 Å². The molecule has 0 radical (unpaired) electrons. The fourth-order valence-electron chi connectivity index (χ4n) is 3.50. The van der Waals surface area contributed by atoms with E-state index in [-0.39, 0.29) is 12.3 Å². The highest BCUT2D eigenvalue weighted by atomic mass is 79.9. The largest absolute Gasteiger partial charge is 0.464 e. The Bertz CT molecular complexity index is 986. The monoisotopic (exact) mass is 428 g/mol. The number of furan rings is 1. The molecule has 2 aromatic carbocycles. The normalized spacial score (nSPS) is 21.0. The number of hydrogen-bond donors (Lipinski definition) is 0. The van der Waals surface area contributed by atoms with Crippen LogP contribution >= 0.6 is 27.5 Å². The summed E-state index contributed by atoms with van der Waals surface area (Å²) in [7, 11) is 0. The van der Waals surface area contributed by atoms with E-state index in [1.807, 2.05) is 59.6 Å². The Morgan fingerprint density at radius 1 is 1.12 bits per heavy atom. The fourth-order valence-corrected chi connectivity index (χ4v) is 3.94. The van der Waals surface area contributed by atoms with Gasteiger partial charge < -0.3 is 9.15 Å². The van der Waals surface area contributed by atoms with Crippen LogP contribution in [0.25, 0.3) is 0 Å². The van der Waals surface area contributed by atoms with Gasteiger partial charge >= 0.3 is 0 Å². The van der Waals surface area contributed by atoms with Crippen LogP contribution in [0.5, 0.6) is 5.75 Å². The predicted octanol–water partition coefficient (Wildman–Crippen LogP) is 5.94. The first-order valence-electron chi connectivity index (χ1n) is 8.30. The Labute approximate surface area is 164 Å². The Morgan fingerprint density at radius 2 is 1.96 bits per heavy atom. The second-order valence-corrected chi connectivity index (χ2v) is 7.68. The number of hydrogen-bond acceptors (Lipinski definition) is 4. The number of rotatable bonds is 2. The number of halogens is 2. The summed E-state index contributed by atoms with van der Waals surface area (Å²) in [6, 6.07) is 17.8. The minimum absolute atomic E-state index is 0.0613. The van der Waals surface area contributed by atoms with Gasteiger partial charge in [-0.15, -0.1) is 0 Å². The average Bonchev–Trinajstić information content (AvgIpc) is 3.32.